The molecule has 0 bridgehead atoms. The summed E-state index contributed by atoms with van der Waals surface area (Å²) in [6, 6.07) is 7.58. The van der Waals surface area contributed by atoms with E-state index in [0.29, 0.717) is 5.69 Å². The molecular formula is C15H16N2O2. The molecule has 0 amide bonds. The van der Waals surface area contributed by atoms with Crippen LogP contribution in [0.3, 0.4) is 0 Å². The molecule has 1 aliphatic carbocycles. The third-order valence-electron chi connectivity index (χ3n) is 3.95. The minimum Gasteiger partial charge on any atom is -0.629 e. The Bertz CT molecular complexity index is 650. The van der Waals surface area contributed by atoms with Crippen molar-refractivity contribution >= 4 is 22.1 Å². The van der Waals surface area contributed by atoms with Crippen LogP contribution in [-0.4, -0.2) is 7.05 Å². The molecule has 0 saturated heterocycles. The molecule has 1 aliphatic rings. The van der Waals surface area contributed by atoms with E-state index in [1.165, 1.54) is 0 Å². The van der Waals surface area contributed by atoms with Crippen LogP contribution in [0.5, 0.6) is 0 Å². The van der Waals surface area contributed by atoms with Crippen molar-refractivity contribution in [1.29, 1.82) is 0 Å². The van der Waals surface area contributed by atoms with Crippen LogP contribution in [-0.2, 0) is 12.8 Å². The molecule has 4 nitrogen and oxygen atoms in total. The van der Waals surface area contributed by atoms with Gasteiger partial charge in [0.1, 0.15) is 11.4 Å². The Kier molecular flexibility index (Phi) is 3.05. The lowest BCUT2D eigenvalue weighted by molar-refractivity contribution is -0.750. The summed E-state index contributed by atoms with van der Waals surface area (Å²) in [5, 5.41) is 17.0. The lowest BCUT2D eigenvalue weighted by Crippen LogP contribution is -2.98. The van der Waals surface area contributed by atoms with Gasteiger partial charge in [-0.3, -0.25) is 0 Å². The van der Waals surface area contributed by atoms with Gasteiger partial charge >= 0.3 is 0 Å². The Morgan fingerprint density at radius 2 is 1.74 bits per heavy atom. The van der Waals surface area contributed by atoms with Crippen LogP contribution < -0.4 is 5.06 Å². The highest BCUT2D eigenvalue weighted by atomic mass is 16.5. The highest BCUT2D eigenvalue weighted by Crippen LogP contribution is 2.41. The number of hydrogen-bond acceptors (Lipinski definition) is 3. The van der Waals surface area contributed by atoms with Gasteiger partial charge in [-0.25, -0.2) is 0 Å². The van der Waals surface area contributed by atoms with Crippen molar-refractivity contribution in [3.63, 3.8) is 0 Å². The van der Waals surface area contributed by atoms with Gasteiger partial charge in [0.05, 0.1) is 7.05 Å². The van der Waals surface area contributed by atoms with Gasteiger partial charge in [0.2, 0.25) is 0 Å². The van der Waals surface area contributed by atoms with E-state index in [-0.39, 0.29) is 5.06 Å². The van der Waals surface area contributed by atoms with Gasteiger partial charge < -0.3 is 10.3 Å². The SMILES string of the molecule is C[NH+]([O-])c1c2c(c(N=O)c3ccccc13)CCCC2. The van der Waals surface area contributed by atoms with Crippen LogP contribution in [0.2, 0.25) is 0 Å². The first-order chi connectivity index (χ1) is 9.24. The Hall–Kier alpha value is -1.78. The molecule has 1 unspecified atom stereocenters. The third-order valence-corrected chi connectivity index (χ3v) is 3.95. The first kappa shape index (κ1) is 12.3. The standard InChI is InChI=1S/C15H16N2O2/c1-17(19)15-12-8-4-2-6-10(12)14(16-18)11-7-3-5-9-13(11)15/h2,4,6,8,17H,3,5,7,9H2,1H3. The van der Waals surface area contributed by atoms with E-state index in [1.807, 2.05) is 24.3 Å². The van der Waals surface area contributed by atoms with E-state index < -0.39 is 0 Å². The second kappa shape index (κ2) is 4.72. The first-order valence-electron chi connectivity index (χ1n) is 6.64. The molecule has 4 heteroatoms. The average molecular weight is 256 g/mol. The van der Waals surface area contributed by atoms with E-state index >= 15 is 0 Å². The molecule has 0 aliphatic heterocycles. The van der Waals surface area contributed by atoms with E-state index in [4.69, 9.17) is 0 Å². The molecule has 0 fully saturated rings. The van der Waals surface area contributed by atoms with Crippen molar-refractivity contribution in [3.8, 4) is 0 Å². The lowest BCUT2D eigenvalue weighted by Gasteiger charge is -2.26. The monoisotopic (exact) mass is 256 g/mol. The first-order valence-corrected chi connectivity index (χ1v) is 6.64. The number of fused-ring (bicyclic) bond motifs is 2. The summed E-state index contributed by atoms with van der Waals surface area (Å²) < 4.78 is 0. The maximum atomic E-state index is 12.0. The number of hydroxylamine groups is 1. The fourth-order valence-electron chi connectivity index (χ4n) is 3.18. The number of nitroso groups, excluding NO2 is 1. The van der Waals surface area contributed by atoms with E-state index in [2.05, 4.69) is 5.18 Å². The average Bonchev–Trinajstić information content (AvgIpc) is 2.44. The predicted molar refractivity (Wildman–Crippen MR) is 76.0 cm³/mol. The smallest absolute Gasteiger partial charge is 0.142 e. The van der Waals surface area contributed by atoms with Crippen molar-refractivity contribution in [3.05, 3.63) is 45.5 Å². The molecular weight excluding hydrogens is 240 g/mol. The van der Waals surface area contributed by atoms with Crippen molar-refractivity contribution < 1.29 is 5.06 Å². The number of rotatable bonds is 2. The summed E-state index contributed by atoms with van der Waals surface area (Å²) in [5.41, 5.74) is 3.37. The topological polar surface area (TPSA) is 56.9 Å². The molecule has 0 radical (unpaired) electrons. The highest BCUT2D eigenvalue weighted by Gasteiger charge is 2.24. The normalized spacial score (nSPS) is 16.1. The number of benzene rings is 2. The Labute approximate surface area is 111 Å². The molecule has 0 spiro atoms. The third kappa shape index (κ3) is 1.84. The van der Waals surface area contributed by atoms with Crippen LogP contribution in [0.15, 0.2) is 29.4 Å². The number of nitrogens with zero attached hydrogens (tertiary/aromatic N) is 1. The van der Waals surface area contributed by atoms with Gasteiger partial charge in [-0.1, -0.05) is 18.2 Å². The molecule has 1 N–H and O–H groups in total. The van der Waals surface area contributed by atoms with Crippen molar-refractivity contribution in [2.75, 3.05) is 7.05 Å². The van der Waals surface area contributed by atoms with Crippen LogP contribution in [0, 0.1) is 10.1 Å². The van der Waals surface area contributed by atoms with Gasteiger partial charge in [-0.05, 0) is 42.5 Å². The summed E-state index contributed by atoms with van der Waals surface area (Å²) in [7, 11) is 1.60. The fraction of sp³-hybridized carbons (Fsp3) is 0.333. The Balaban J connectivity index is 2.47. The summed E-state index contributed by atoms with van der Waals surface area (Å²) in [6.07, 6.45) is 3.86. The van der Waals surface area contributed by atoms with Gasteiger partial charge in [0.15, 0.2) is 0 Å². The zero-order valence-electron chi connectivity index (χ0n) is 10.9. The van der Waals surface area contributed by atoms with Crippen LogP contribution >= 0.6 is 0 Å². The molecule has 0 saturated carbocycles. The molecule has 1 atom stereocenters. The van der Waals surface area contributed by atoms with E-state index in [1.54, 1.807) is 7.05 Å². The Morgan fingerprint density at radius 3 is 2.37 bits per heavy atom. The maximum absolute atomic E-state index is 12.0. The minimum absolute atomic E-state index is 0.0757. The molecule has 3 rings (SSSR count). The highest BCUT2D eigenvalue weighted by molar-refractivity contribution is 6.01. The molecule has 0 heterocycles. The summed E-state index contributed by atoms with van der Waals surface area (Å²) in [4.78, 5) is 11.2. The van der Waals surface area contributed by atoms with Crippen LogP contribution in [0.1, 0.15) is 24.0 Å². The van der Waals surface area contributed by atoms with Gasteiger partial charge in [-0.2, -0.15) is 0 Å². The second-order valence-electron chi connectivity index (χ2n) is 5.08. The summed E-state index contributed by atoms with van der Waals surface area (Å²) >= 11 is 0. The van der Waals surface area contributed by atoms with E-state index in [9.17, 15) is 10.1 Å². The van der Waals surface area contributed by atoms with E-state index in [0.717, 1.165) is 53.3 Å². The number of hydrogen-bond donors (Lipinski definition) is 1. The summed E-state index contributed by atoms with van der Waals surface area (Å²) in [5.74, 6) is 0. The fourth-order valence-corrected chi connectivity index (χ4v) is 3.18. The zero-order valence-corrected chi connectivity index (χ0v) is 10.9. The molecule has 98 valence electrons. The lowest BCUT2D eigenvalue weighted by atomic mass is 9.86. The molecule has 2 aromatic carbocycles. The maximum Gasteiger partial charge on any atom is 0.142 e. The van der Waals surface area contributed by atoms with Gasteiger partial charge in [-0.15, -0.1) is 4.91 Å². The van der Waals surface area contributed by atoms with Gasteiger partial charge in [0, 0.05) is 16.3 Å². The molecule has 2 aromatic rings. The second-order valence-corrected chi connectivity index (χ2v) is 5.08. The quantitative estimate of drug-likeness (QED) is 0.663. The zero-order chi connectivity index (χ0) is 13.4. The van der Waals surface area contributed by atoms with Crippen molar-refractivity contribution in [2.45, 2.75) is 25.7 Å². The van der Waals surface area contributed by atoms with Gasteiger partial charge in [0.25, 0.3) is 0 Å². The number of nitrogens with one attached hydrogen (secondary N) is 1. The predicted octanol–water partition coefficient (Wildman–Crippen LogP) is 2.76. The van der Waals surface area contributed by atoms with Crippen LogP contribution in [0.25, 0.3) is 10.8 Å². The molecule has 19 heavy (non-hydrogen) atoms. The Morgan fingerprint density at radius 1 is 1.11 bits per heavy atom. The minimum atomic E-state index is 0.0757. The van der Waals surface area contributed by atoms with Crippen LogP contribution in [0.4, 0.5) is 11.4 Å². The van der Waals surface area contributed by atoms with Crippen molar-refractivity contribution in [1.82, 2.24) is 0 Å². The largest absolute Gasteiger partial charge is 0.629 e. The van der Waals surface area contributed by atoms with Crippen molar-refractivity contribution in [2.24, 2.45) is 5.18 Å². The summed E-state index contributed by atoms with van der Waals surface area (Å²) in [6.45, 7) is 0. The molecule has 0 aromatic heterocycles. The number of quaternary nitrogens is 1.